The lowest BCUT2D eigenvalue weighted by Crippen LogP contribution is -2.68. The van der Waals surface area contributed by atoms with E-state index in [4.69, 9.17) is 0 Å². The summed E-state index contributed by atoms with van der Waals surface area (Å²) in [4.78, 5) is 68.7. The van der Waals surface area contributed by atoms with E-state index in [-0.39, 0.29) is 87.3 Å². The van der Waals surface area contributed by atoms with Gasteiger partial charge in [-0.05, 0) is 134 Å². The first-order valence-electron chi connectivity index (χ1n) is 30.9. The van der Waals surface area contributed by atoms with E-state index >= 15 is 0 Å². The molecule has 14 nitrogen and oxygen atoms in total. The first kappa shape index (κ1) is 60.1. The zero-order valence-electron chi connectivity index (χ0n) is 50.7. The molecular weight excluding hydrogens is 937 g/mol. The number of piperidine rings is 3. The fraction of sp³-hybridized carbons (Fsp3) is 0.934. The molecule has 3 N–H and O–H groups in total. The van der Waals surface area contributed by atoms with Crippen LogP contribution in [0.3, 0.4) is 0 Å². The van der Waals surface area contributed by atoms with Gasteiger partial charge < -0.3 is 16.0 Å². The number of carbonyl (C=O) groups is 4. The van der Waals surface area contributed by atoms with Crippen LogP contribution in [-0.2, 0) is 9.59 Å². The van der Waals surface area contributed by atoms with E-state index < -0.39 is 0 Å². The molecule has 3 atom stereocenters. The van der Waals surface area contributed by atoms with Gasteiger partial charge >= 0.3 is 12.1 Å². The molecule has 0 aromatic rings. The predicted octanol–water partition coefficient (Wildman–Crippen LogP) is 11.8. The number of rotatable bonds is 22. The molecule has 0 aliphatic carbocycles. The van der Waals surface area contributed by atoms with Crippen molar-refractivity contribution in [1.29, 1.82) is 0 Å². The number of nitrogens with zero attached hydrogens (tertiary/aromatic N) is 7. The molecule has 0 radical (unpaired) electrons. The second-order valence-electron chi connectivity index (χ2n) is 29.8. The van der Waals surface area contributed by atoms with Crippen molar-refractivity contribution in [2.45, 2.75) is 322 Å². The molecule has 8 aliphatic rings. The number of hydrogen-bond donors (Lipinski definition) is 3. The molecule has 0 bridgehead atoms. The van der Waals surface area contributed by atoms with Gasteiger partial charge in [0.15, 0.2) is 12.3 Å². The van der Waals surface area contributed by atoms with Crippen LogP contribution in [0.15, 0.2) is 0 Å². The third kappa shape index (κ3) is 15.0. The quantitative estimate of drug-likeness (QED) is 0.0717. The molecule has 8 saturated heterocycles. The Morgan fingerprint density at radius 2 is 0.733 bits per heavy atom. The van der Waals surface area contributed by atoms with Gasteiger partial charge in [0, 0.05) is 57.3 Å². The summed E-state index contributed by atoms with van der Waals surface area (Å²) in [5.41, 5.74) is -0.108. The normalized spacial score (nSPS) is 28.4. The van der Waals surface area contributed by atoms with Crippen LogP contribution in [0.2, 0.25) is 0 Å². The number of nitrogens with one attached hydrogen (secondary N) is 3. The van der Waals surface area contributed by atoms with Gasteiger partial charge in [0.05, 0.1) is 32.6 Å². The van der Waals surface area contributed by atoms with Crippen molar-refractivity contribution in [3.8, 4) is 0 Å². The van der Waals surface area contributed by atoms with Gasteiger partial charge in [0.25, 0.3) is 0 Å². The molecule has 0 aromatic carbocycles. The van der Waals surface area contributed by atoms with Crippen LogP contribution in [0.1, 0.15) is 258 Å². The summed E-state index contributed by atoms with van der Waals surface area (Å²) in [6.45, 7) is 35.7. The van der Waals surface area contributed by atoms with Crippen LogP contribution < -0.4 is 16.0 Å². The largest absolute Gasteiger partial charge is 0.325 e. The van der Waals surface area contributed by atoms with Crippen molar-refractivity contribution in [3.05, 3.63) is 0 Å². The summed E-state index contributed by atoms with van der Waals surface area (Å²) < 4.78 is 0. The van der Waals surface area contributed by atoms with E-state index in [0.29, 0.717) is 44.7 Å². The van der Waals surface area contributed by atoms with E-state index in [9.17, 15) is 19.2 Å². The van der Waals surface area contributed by atoms with E-state index in [2.05, 4.69) is 123 Å². The van der Waals surface area contributed by atoms with Crippen LogP contribution in [0.5, 0.6) is 0 Å². The Hall–Kier alpha value is -2.52. The summed E-state index contributed by atoms with van der Waals surface area (Å²) in [5, 5.41) is 11.2. The molecule has 75 heavy (non-hydrogen) atoms. The molecule has 8 fully saturated rings. The fourth-order valence-corrected chi connectivity index (χ4v) is 16.3. The molecule has 430 valence electrons. The lowest BCUT2D eigenvalue weighted by molar-refractivity contribution is -0.144. The van der Waals surface area contributed by atoms with Gasteiger partial charge in [-0.2, -0.15) is 0 Å². The Balaban J connectivity index is 0.000000219. The van der Waals surface area contributed by atoms with E-state index in [1.54, 1.807) is 4.90 Å². The van der Waals surface area contributed by atoms with E-state index in [1.165, 1.54) is 109 Å². The van der Waals surface area contributed by atoms with Crippen molar-refractivity contribution < 1.29 is 19.2 Å². The number of carbonyl (C=O) groups excluding carboxylic acids is 4. The highest BCUT2D eigenvalue weighted by atomic mass is 16.2. The topological polar surface area (TPSA) is 127 Å². The highest BCUT2D eigenvalue weighted by Crippen LogP contribution is 2.44. The Kier molecular flexibility index (Phi) is 19.3. The maximum atomic E-state index is 13.8. The van der Waals surface area contributed by atoms with Crippen molar-refractivity contribution in [1.82, 2.24) is 50.2 Å². The van der Waals surface area contributed by atoms with Crippen molar-refractivity contribution in [2.75, 3.05) is 26.7 Å². The molecule has 8 rings (SSSR count). The summed E-state index contributed by atoms with van der Waals surface area (Å²) in [5.74, 6) is 0.367. The summed E-state index contributed by atoms with van der Waals surface area (Å²) in [6.07, 6.45) is 29.7. The van der Waals surface area contributed by atoms with Gasteiger partial charge in [0.2, 0.25) is 11.8 Å². The molecular formula is C61H112N10O4. The second-order valence-corrected chi connectivity index (χ2v) is 29.8. The Morgan fingerprint density at radius 3 is 1.05 bits per heavy atom. The minimum absolute atomic E-state index is 0.0102. The number of amides is 6. The molecule has 6 amide bonds. The zero-order chi connectivity index (χ0) is 54.9. The maximum Gasteiger partial charge on any atom is 0.325 e. The molecule has 14 heteroatoms. The predicted molar refractivity (Wildman–Crippen MR) is 304 cm³/mol. The Morgan fingerprint density at radius 1 is 0.440 bits per heavy atom. The number of unbranched alkanes of at least 4 members (excludes halogenated alkanes) is 15. The SMILES string of the molecule is CC1(C)CC(N2CN3C(=O)N4CN(C5CC(C)(C)NC(C)(C)C5)CN5C(=O)N(C2)C3C45)CC(C)(C)N1.CCCCCCCCCCCCCCCCCCC(C)CC1C(=O)N(C2CC(C)(C)NC(C)(C)C2)C(=O)C1C. The minimum Gasteiger partial charge on any atom is -0.307 e. The Labute approximate surface area is 457 Å². The highest BCUT2D eigenvalue weighted by molar-refractivity contribution is 6.05. The first-order valence-corrected chi connectivity index (χ1v) is 30.9. The maximum absolute atomic E-state index is 13.8. The minimum atomic E-state index is -0.174. The van der Waals surface area contributed by atoms with Gasteiger partial charge in [-0.1, -0.05) is 130 Å². The van der Waals surface area contributed by atoms with Crippen LogP contribution in [0.25, 0.3) is 0 Å². The number of urea groups is 2. The average Bonchev–Trinajstić information content (AvgIpc) is 3.81. The monoisotopic (exact) mass is 1050 g/mol. The van der Waals surface area contributed by atoms with Gasteiger partial charge in [-0.15, -0.1) is 0 Å². The van der Waals surface area contributed by atoms with Crippen molar-refractivity contribution in [3.63, 3.8) is 0 Å². The van der Waals surface area contributed by atoms with Crippen molar-refractivity contribution in [2.24, 2.45) is 17.8 Å². The molecule has 8 aliphatic heterocycles. The van der Waals surface area contributed by atoms with Gasteiger partial charge in [-0.3, -0.25) is 43.9 Å². The zero-order valence-corrected chi connectivity index (χ0v) is 50.7. The lowest BCUT2D eigenvalue weighted by Gasteiger charge is -2.53. The van der Waals surface area contributed by atoms with Crippen LogP contribution in [-0.4, -0.2) is 149 Å². The average molecular weight is 1050 g/mol. The lowest BCUT2D eigenvalue weighted by atomic mass is 9.79. The van der Waals surface area contributed by atoms with Crippen molar-refractivity contribution >= 4 is 23.9 Å². The van der Waals surface area contributed by atoms with Crippen LogP contribution in [0, 0.1) is 17.8 Å². The molecule has 0 aromatic heterocycles. The van der Waals surface area contributed by atoms with Crippen LogP contribution >= 0.6 is 0 Å². The fourth-order valence-electron chi connectivity index (χ4n) is 16.3. The summed E-state index contributed by atoms with van der Waals surface area (Å²) >= 11 is 0. The summed E-state index contributed by atoms with van der Waals surface area (Å²) in [7, 11) is 0. The van der Waals surface area contributed by atoms with Crippen LogP contribution in [0.4, 0.5) is 9.59 Å². The smallest absolute Gasteiger partial charge is 0.307 e. The Bertz CT molecular complexity index is 1800. The number of imide groups is 1. The van der Waals surface area contributed by atoms with Gasteiger partial charge in [0.1, 0.15) is 0 Å². The second kappa shape index (κ2) is 24.1. The third-order valence-corrected chi connectivity index (χ3v) is 18.8. The third-order valence-electron chi connectivity index (χ3n) is 18.8. The number of hydrogen-bond acceptors (Lipinski definition) is 9. The summed E-state index contributed by atoms with van der Waals surface area (Å²) in [6, 6.07) is 0.791. The van der Waals surface area contributed by atoms with E-state index in [1.807, 2.05) is 26.5 Å². The number of likely N-dealkylation sites (tertiary alicyclic amines) is 1. The molecule has 0 saturated carbocycles. The standard InChI is InChI=1S/C35H66N2O2.C26H46N8O2/c1-8-9-10-11-12-13-14-15-16-17-18-19-20-21-22-23-24-28(2)25-31-29(3)32(38)37(33(31)39)30-26-34(4,5)36-35(6,7)27-30;1-23(2)9-17(10-24(3,4)27-23)29-13-31-19-20-33(21(31)35)15-30(16-34(20)22(36)32(19)14-29)18-11-25(5,6)28-26(7,8)12-18/h28-31,36H,8-27H2,1-7H3;17-20,27-28H,9-16H2,1-8H3. The van der Waals surface area contributed by atoms with E-state index in [0.717, 1.165) is 44.9 Å². The highest BCUT2D eigenvalue weighted by Gasteiger charge is 2.64. The molecule has 8 heterocycles. The molecule has 3 unspecified atom stereocenters. The van der Waals surface area contributed by atoms with Gasteiger partial charge in [-0.25, -0.2) is 9.59 Å². The molecule has 0 spiro atoms. The first-order chi connectivity index (χ1) is 35.0.